The van der Waals surface area contributed by atoms with Gasteiger partial charge in [0.15, 0.2) is 0 Å². The molecule has 0 unspecified atom stereocenters. The molecule has 0 aliphatic carbocycles. The molecular formula is C14H36N5P. The molecule has 20 heavy (non-hydrogen) atoms. The fourth-order valence-electron chi connectivity index (χ4n) is 2.09. The van der Waals surface area contributed by atoms with E-state index in [1.54, 1.807) is 0 Å². The van der Waals surface area contributed by atoms with Crippen LogP contribution >= 0.6 is 7.05 Å². The van der Waals surface area contributed by atoms with Crippen molar-refractivity contribution < 1.29 is 0 Å². The van der Waals surface area contributed by atoms with Gasteiger partial charge in [-0.1, -0.05) is 0 Å². The SMILES string of the molecule is CN=P(C)(CN(C)CCN(C)C)CN(C)CCN(C)C. The minimum absolute atomic E-state index is 1.11. The third-order valence-electron chi connectivity index (χ3n) is 3.43. The van der Waals surface area contributed by atoms with Gasteiger partial charge in [-0.25, -0.2) is 0 Å². The Labute approximate surface area is 127 Å². The molecule has 0 bridgehead atoms. The average molecular weight is 305 g/mol. The number of rotatable bonds is 10. The molecule has 0 aromatic heterocycles. The van der Waals surface area contributed by atoms with E-state index in [0.29, 0.717) is 0 Å². The third-order valence-corrected chi connectivity index (χ3v) is 6.58. The fourth-order valence-corrected chi connectivity index (χ4v) is 4.80. The Hall–Kier alpha value is 0.0700. The Morgan fingerprint density at radius 2 is 1.05 bits per heavy atom. The summed E-state index contributed by atoms with van der Waals surface area (Å²) in [6, 6.07) is 0. The van der Waals surface area contributed by atoms with E-state index in [1.165, 1.54) is 0 Å². The maximum Gasteiger partial charge on any atom is 0.0340 e. The summed E-state index contributed by atoms with van der Waals surface area (Å²) < 4.78 is 4.75. The Kier molecular flexibility index (Phi) is 9.94. The maximum absolute atomic E-state index is 4.75. The molecule has 0 N–H and O–H groups in total. The van der Waals surface area contributed by atoms with Gasteiger partial charge < -0.3 is 14.5 Å². The van der Waals surface area contributed by atoms with Crippen molar-refractivity contribution >= 4 is 7.05 Å². The van der Waals surface area contributed by atoms with E-state index in [4.69, 9.17) is 4.74 Å². The van der Waals surface area contributed by atoms with Crippen molar-refractivity contribution in [1.29, 1.82) is 0 Å². The number of hydrogen-bond acceptors (Lipinski definition) is 5. The quantitative estimate of drug-likeness (QED) is 0.569. The van der Waals surface area contributed by atoms with Gasteiger partial charge in [-0.15, -0.1) is 0 Å². The van der Waals surface area contributed by atoms with Crippen molar-refractivity contribution in [3.8, 4) is 0 Å². The standard InChI is InChI=1S/C14H36N5P/c1-15-20(8,13-18(6)11-9-16(2)3)14-19(7)12-10-17(4)5/h9-14H2,1-8H3. The summed E-state index contributed by atoms with van der Waals surface area (Å²) in [7, 11) is 13.7. The normalized spacial score (nSPS) is 13.0. The van der Waals surface area contributed by atoms with Crippen LogP contribution in [0.1, 0.15) is 0 Å². The highest BCUT2D eigenvalue weighted by Crippen LogP contribution is 2.45. The molecule has 0 aliphatic rings. The second-order valence-electron chi connectivity index (χ2n) is 6.59. The molecular weight excluding hydrogens is 269 g/mol. The van der Waals surface area contributed by atoms with Crippen molar-refractivity contribution in [1.82, 2.24) is 19.6 Å². The molecule has 122 valence electrons. The molecule has 6 heteroatoms. The van der Waals surface area contributed by atoms with Crippen LogP contribution in [-0.4, -0.2) is 114 Å². The van der Waals surface area contributed by atoms with Crippen LogP contribution in [0.2, 0.25) is 0 Å². The van der Waals surface area contributed by atoms with Gasteiger partial charge in [0.1, 0.15) is 0 Å². The van der Waals surface area contributed by atoms with Gasteiger partial charge in [0, 0.05) is 45.8 Å². The summed E-state index contributed by atoms with van der Waals surface area (Å²) in [5.74, 6) is 0. The molecule has 0 saturated heterocycles. The van der Waals surface area contributed by atoms with Crippen LogP contribution in [0.5, 0.6) is 0 Å². The van der Waals surface area contributed by atoms with Gasteiger partial charge >= 0.3 is 0 Å². The molecule has 0 radical (unpaired) electrons. The van der Waals surface area contributed by atoms with E-state index < -0.39 is 7.05 Å². The van der Waals surface area contributed by atoms with Crippen molar-refractivity contribution in [2.24, 2.45) is 4.74 Å². The molecule has 0 aromatic carbocycles. The lowest BCUT2D eigenvalue weighted by molar-refractivity contribution is 0.301. The highest BCUT2D eigenvalue weighted by Gasteiger charge is 2.17. The summed E-state index contributed by atoms with van der Waals surface area (Å²) in [4.78, 5) is 9.33. The highest BCUT2D eigenvalue weighted by atomic mass is 31.2. The zero-order valence-electron chi connectivity index (χ0n) is 14.9. The van der Waals surface area contributed by atoms with Crippen molar-refractivity contribution in [2.45, 2.75) is 0 Å². The molecule has 0 atom stereocenters. The number of nitrogens with zero attached hydrogens (tertiary/aromatic N) is 5. The summed E-state index contributed by atoms with van der Waals surface area (Å²) >= 11 is 0. The predicted octanol–water partition coefficient (Wildman–Crippen LogP) is 1.35. The lowest BCUT2D eigenvalue weighted by atomic mass is 10.5. The Morgan fingerprint density at radius 1 is 0.700 bits per heavy atom. The lowest BCUT2D eigenvalue weighted by Gasteiger charge is -2.31. The zero-order valence-corrected chi connectivity index (χ0v) is 15.8. The van der Waals surface area contributed by atoms with Gasteiger partial charge in [0.05, 0.1) is 0 Å². The Bertz CT molecular complexity index is 280. The van der Waals surface area contributed by atoms with Crippen LogP contribution in [-0.2, 0) is 0 Å². The summed E-state index contributed by atoms with van der Waals surface area (Å²) in [5.41, 5.74) is 0. The first kappa shape index (κ1) is 20.1. The number of hydrogen-bond donors (Lipinski definition) is 0. The van der Waals surface area contributed by atoms with E-state index in [0.717, 1.165) is 38.8 Å². The molecule has 0 amide bonds. The monoisotopic (exact) mass is 305 g/mol. The van der Waals surface area contributed by atoms with E-state index in [2.05, 4.69) is 68.6 Å². The summed E-state index contributed by atoms with van der Waals surface area (Å²) in [5, 5.41) is 0. The van der Waals surface area contributed by atoms with Gasteiger partial charge in [0.2, 0.25) is 0 Å². The fraction of sp³-hybridized carbons (Fsp3) is 1.00. The van der Waals surface area contributed by atoms with Gasteiger partial charge in [0.25, 0.3) is 0 Å². The molecule has 0 spiro atoms. The largest absolute Gasteiger partial charge is 0.308 e. The minimum Gasteiger partial charge on any atom is -0.308 e. The smallest absolute Gasteiger partial charge is 0.0340 e. The van der Waals surface area contributed by atoms with Crippen LogP contribution in [0.4, 0.5) is 0 Å². The first-order chi connectivity index (χ1) is 9.18. The van der Waals surface area contributed by atoms with Crippen LogP contribution in [0, 0.1) is 0 Å². The van der Waals surface area contributed by atoms with Crippen LogP contribution in [0.3, 0.4) is 0 Å². The van der Waals surface area contributed by atoms with Crippen molar-refractivity contribution in [3.63, 3.8) is 0 Å². The van der Waals surface area contributed by atoms with Crippen LogP contribution in [0.25, 0.3) is 0 Å². The topological polar surface area (TPSA) is 25.3 Å². The minimum atomic E-state index is -1.24. The van der Waals surface area contributed by atoms with Crippen molar-refractivity contribution in [2.75, 3.05) is 94.7 Å². The third kappa shape index (κ3) is 9.89. The average Bonchev–Trinajstić information content (AvgIpc) is 2.33. The molecule has 0 aromatic rings. The Balaban J connectivity index is 4.32. The van der Waals surface area contributed by atoms with E-state index in [9.17, 15) is 0 Å². The second kappa shape index (κ2) is 9.91. The van der Waals surface area contributed by atoms with E-state index in [1.807, 2.05) is 7.05 Å². The molecule has 5 nitrogen and oxygen atoms in total. The van der Waals surface area contributed by atoms with E-state index >= 15 is 0 Å². The Morgan fingerprint density at radius 3 is 1.30 bits per heavy atom. The molecule has 0 fully saturated rings. The zero-order chi connectivity index (χ0) is 15.8. The van der Waals surface area contributed by atoms with Gasteiger partial charge in [-0.3, -0.25) is 9.80 Å². The lowest BCUT2D eigenvalue weighted by Crippen LogP contribution is -2.33. The first-order valence-electron chi connectivity index (χ1n) is 7.31. The highest BCUT2D eigenvalue weighted by molar-refractivity contribution is 7.65. The van der Waals surface area contributed by atoms with Crippen molar-refractivity contribution in [3.05, 3.63) is 0 Å². The molecule has 0 heterocycles. The number of likely N-dealkylation sites (N-methyl/N-ethyl adjacent to an activating group) is 4. The second-order valence-corrected chi connectivity index (χ2v) is 10.2. The molecule has 0 rings (SSSR count). The van der Waals surface area contributed by atoms with Crippen LogP contribution in [0.15, 0.2) is 4.74 Å². The van der Waals surface area contributed by atoms with E-state index in [-0.39, 0.29) is 0 Å². The molecule has 0 aliphatic heterocycles. The summed E-state index contributed by atoms with van der Waals surface area (Å²) in [6.45, 7) is 6.80. The predicted molar refractivity (Wildman–Crippen MR) is 93.3 cm³/mol. The first-order valence-corrected chi connectivity index (χ1v) is 9.87. The van der Waals surface area contributed by atoms with Gasteiger partial charge in [-0.05, 0) is 56.0 Å². The summed E-state index contributed by atoms with van der Waals surface area (Å²) in [6.07, 6.45) is 2.23. The van der Waals surface area contributed by atoms with Gasteiger partial charge in [-0.2, -0.15) is 0 Å². The van der Waals surface area contributed by atoms with Crippen LogP contribution < -0.4 is 0 Å². The molecule has 0 saturated carbocycles. The maximum atomic E-state index is 4.75.